The van der Waals surface area contributed by atoms with Crippen LogP contribution in [-0.4, -0.2) is 38.8 Å². The lowest BCUT2D eigenvalue weighted by atomic mass is 10.4. The van der Waals surface area contributed by atoms with E-state index in [1.165, 1.54) is 0 Å². The average Bonchev–Trinajstić information content (AvgIpc) is 2.83. The molecule has 3 heterocycles. The molecule has 0 N–H and O–H groups in total. The molecule has 6 heteroatoms. The summed E-state index contributed by atoms with van der Waals surface area (Å²) in [6, 6.07) is 5.68. The van der Waals surface area contributed by atoms with Crippen molar-refractivity contribution in [2.45, 2.75) is 0 Å². The molecule has 3 aromatic heterocycles. The van der Waals surface area contributed by atoms with Crippen molar-refractivity contribution in [2.75, 3.05) is 19.0 Å². The smallest absolute Gasteiger partial charge is 0.170 e. The first-order chi connectivity index (χ1) is 8.77. The molecule has 0 aliphatic rings. The highest BCUT2D eigenvalue weighted by Crippen LogP contribution is 2.22. The zero-order chi connectivity index (χ0) is 12.5. The number of hydrogen-bond acceptors (Lipinski definition) is 5. The monoisotopic (exact) mass is 240 g/mol. The van der Waals surface area contributed by atoms with Crippen LogP contribution < -0.4 is 4.90 Å². The molecule has 0 aromatic carbocycles. The highest BCUT2D eigenvalue weighted by molar-refractivity contribution is 5.87. The van der Waals surface area contributed by atoms with Gasteiger partial charge in [0.05, 0.1) is 11.6 Å². The van der Waals surface area contributed by atoms with E-state index < -0.39 is 0 Å². The zero-order valence-corrected chi connectivity index (χ0v) is 10.1. The summed E-state index contributed by atoms with van der Waals surface area (Å²) < 4.78 is 1.71. The average molecular weight is 240 g/mol. The van der Waals surface area contributed by atoms with Gasteiger partial charge in [0.25, 0.3) is 0 Å². The van der Waals surface area contributed by atoms with Crippen molar-refractivity contribution in [1.29, 1.82) is 0 Å². The second-order valence-electron chi connectivity index (χ2n) is 4.07. The van der Waals surface area contributed by atoms with Crippen molar-refractivity contribution in [3.05, 3.63) is 36.9 Å². The van der Waals surface area contributed by atoms with Gasteiger partial charge in [0.1, 0.15) is 12.1 Å². The van der Waals surface area contributed by atoms with E-state index in [0.717, 1.165) is 22.7 Å². The second-order valence-corrected chi connectivity index (χ2v) is 4.07. The van der Waals surface area contributed by atoms with Crippen molar-refractivity contribution in [3.63, 3.8) is 0 Å². The lowest BCUT2D eigenvalue weighted by Crippen LogP contribution is -2.11. The highest BCUT2D eigenvalue weighted by Gasteiger charge is 2.12. The van der Waals surface area contributed by atoms with Gasteiger partial charge in [0.15, 0.2) is 11.5 Å². The van der Waals surface area contributed by atoms with Crippen molar-refractivity contribution in [1.82, 2.24) is 24.7 Å². The molecule has 18 heavy (non-hydrogen) atoms. The molecule has 6 nitrogen and oxygen atoms in total. The van der Waals surface area contributed by atoms with Gasteiger partial charge in [-0.05, 0) is 12.1 Å². The number of anilines is 1. The predicted molar refractivity (Wildman–Crippen MR) is 68.8 cm³/mol. The molecule has 0 radical (unpaired) electrons. The van der Waals surface area contributed by atoms with Gasteiger partial charge in [0.2, 0.25) is 0 Å². The number of pyridine rings is 1. The van der Waals surface area contributed by atoms with E-state index in [0.29, 0.717) is 0 Å². The van der Waals surface area contributed by atoms with Crippen LogP contribution in [0.5, 0.6) is 0 Å². The summed E-state index contributed by atoms with van der Waals surface area (Å²) in [5.74, 6) is 1.60. The van der Waals surface area contributed by atoms with Crippen LogP contribution in [0.1, 0.15) is 0 Å². The Morgan fingerprint density at radius 1 is 1.11 bits per heavy atom. The predicted octanol–water partition coefficient (Wildman–Crippen LogP) is 1.28. The number of fused-ring (bicyclic) bond motifs is 1. The molecule has 3 aromatic rings. The molecular formula is C12H12N6. The van der Waals surface area contributed by atoms with E-state index in [1.54, 1.807) is 23.4 Å². The maximum Gasteiger partial charge on any atom is 0.170 e. The molecule has 0 bridgehead atoms. The summed E-state index contributed by atoms with van der Waals surface area (Å²) in [7, 11) is 3.89. The molecule has 0 unspecified atom stereocenters. The van der Waals surface area contributed by atoms with Crippen LogP contribution in [0.4, 0.5) is 5.82 Å². The first-order valence-electron chi connectivity index (χ1n) is 5.55. The third kappa shape index (κ3) is 1.58. The largest absolute Gasteiger partial charge is 0.362 e. The second kappa shape index (κ2) is 4.06. The van der Waals surface area contributed by atoms with E-state index in [-0.39, 0.29) is 0 Å². The molecule has 0 atom stereocenters. The molecule has 0 aliphatic carbocycles. The fourth-order valence-electron chi connectivity index (χ4n) is 1.83. The van der Waals surface area contributed by atoms with Gasteiger partial charge in [0, 0.05) is 20.3 Å². The SMILES string of the molecule is CN(C)c1ncnc2c1cnn2-c1ccccn1. The van der Waals surface area contributed by atoms with Crippen LogP contribution in [0, 0.1) is 0 Å². The molecule has 0 aliphatic heterocycles. The standard InChI is InChI=1S/C12H12N6/c1-17(2)11-9-7-16-18(12(9)15-8-14-11)10-5-3-4-6-13-10/h3-8H,1-2H3. The third-order valence-electron chi connectivity index (χ3n) is 2.63. The van der Waals surface area contributed by atoms with Crippen LogP contribution >= 0.6 is 0 Å². The fourth-order valence-corrected chi connectivity index (χ4v) is 1.83. The molecule has 0 fully saturated rings. The normalized spacial score (nSPS) is 10.8. The Balaban J connectivity index is 2.25. The van der Waals surface area contributed by atoms with Gasteiger partial charge in [-0.2, -0.15) is 9.78 Å². The van der Waals surface area contributed by atoms with Crippen LogP contribution in [0.25, 0.3) is 16.9 Å². The van der Waals surface area contributed by atoms with E-state index in [4.69, 9.17) is 0 Å². The minimum Gasteiger partial charge on any atom is -0.362 e. The summed E-state index contributed by atoms with van der Waals surface area (Å²) in [4.78, 5) is 14.7. The summed E-state index contributed by atoms with van der Waals surface area (Å²) in [6.45, 7) is 0. The quantitative estimate of drug-likeness (QED) is 0.675. The lowest BCUT2D eigenvalue weighted by molar-refractivity contribution is 0.861. The molecule has 0 saturated heterocycles. The number of nitrogens with zero attached hydrogens (tertiary/aromatic N) is 6. The van der Waals surface area contributed by atoms with Crippen LogP contribution in [0.3, 0.4) is 0 Å². The first kappa shape index (κ1) is 10.6. The molecule has 0 saturated carbocycles. The van der Waals surface area contributed by atoms with Crippen LogP contribution in [-0.2, 0) is 0 Å². The maximum absolute atomic E-state index is 4.33. The van der Waals surface area contributed by atoms with Crippen LogP contribution in [0.2, 0.25) is 0 Å². The molecule has 3 rings (SSSR count). The van der Waals surface area contributed by atoms with Gasteiger partial charge < -0.3 is 4.90 Å². The Hall–Kier alpha value is -2.50. The fraction of sp³-hybridized carbons (Fsp3) is 0.167. The minimum atomic E-state index is 0.746. The van der Waals surface area contributed by atoms with E-state index in [9.17, 15) is 0 Å². The Morgan fingerprint density at radius 3 is 2.72 bits per heavy atom. The highest BCUT2D eigenvalue weighted by atomic mass is 15.3. The summed E-state index contributed by atoms with van der Waals surface area (Å²) in [5.41, 5.74) is 0.757. The van der Waals surface area contributed by atoms with Crippen molar-refractivity contribution in [3.8, 4) is 5.82 Å². The zero-order valence-electron chi connectivity index (χ0n) is 10.1. The van der Waals surface area contributed by atoms with Crippen LogP contribution in [0.15, 0.2) is 36.9 Å². The van der Waals surface area contributed by atoms with Crippen molar-refractivity contribution < 1.29 is 0 Å². The first-order valence-corrected chi connectivity index (χ1v) is 5.55. The summed E-state index contributed by atoms with van der Waals surface area (Å²) >= 11 is 0. The van der Waals surface area contributed by atoms with E-state index >= 15 is 0 Å². The van der Waals surface area contributed by atoms with Gasteiger partial charge in [-0.15, -0.1) is 0 Å². The third-order valence-corrected chi connectivity index (χ3v) is 2.63. The minimum absolute atomic E-state index is 0.746. The Labute approximate surface area is 104 Å². The topological polar surface area (TPSA) is 59.7 Å². The molecule has 90 valence electrons. The molecule has 0 amide bonds. The van der Waals surface area contributed by atoms with E-state index in [2.05, 4.69) is 20.1 Å². The van der Waals surface area contributed by atoms with Crippen molar-refractivity contribution in [2.24, 2.45) is 0 Å². The molecule has 0 spiro atoms. The van der Waals surface area contributed by atoms with E-state index in [1.807, 2.05) is 37.2 Å². The lowest BCUT2D eigenvalue weighted by Gasteiger charge is -2.11. The van der Waals surface area contributed by atoms with Gasteiger partial charge in [-0.1, -0.05) is 6.07 Å². The Morgan fingerprint density at radius 2 is 2.00 bits per heavy atom. The number of hydrogen-bond donors (Lipinski definition) is 0. The Bertz CT molecular complexity index is 673. The summed E-state index contributed by atoms with van der Waals surface area (Å²) in [6.07, 6.45) is 5.04. The number of rotatable bonds is 2. The van der Waals surface area contributed by atoms with Crippen molar-refractivity contribution >= 4 is 16.9 Å². The van der Waals surface area contributed by atoms with Gasteiger partial charge in [-0.3, -0.25) is 0 Å². The van der Waals surface area contributed by atoms with Gasteiger partial charge in [-0.25, -0.2) is 15.0 Å². The molecular weight excluding hydrogens is 228 g/mol. The maximum atomic E-state index is 4.33. The van der Waals surface area contributed by atoms with Gasteiger partial charge >= 0.3 is 0 Å². The number of aromatic nitrogens is 5. The summed E-state index contributed by atoms with van der Waals surface area (Å²) in [5, 5.41) is 5.24. The Kier molecular flexibility index (Phi) is 2.40.